The topological polar surface area (TPSA) is 80.9 Å². The Labute approximate surface area is 156 Å². The number of carbonyl (C=O) groups is 2. The van der Waals surface area contributed by atoms with E-state index >= 15 is 0 Å². The Balaban J connectivity index is 1.72. The van der Waals surface area contributed by atoms with Crippen molar-refractivity contribution in [3.63, 3.8) is 0 Å². The molecule has 0 spiro atoms. The number of methoxy groups -OCH3 is 1. The quantitative estimate of drug-likeness (QED) is 0.425. The SMILES string of the molecule is COC(=O)c1ccccc1-c1ccc(/C=N\NC(=O)c2cccc(C)c2)o1. The standard InChI is InChI=1S/C21H18N2O4/c1-14-6-5-7-15(12-14)20(24)23-22-13-16-10-11-19(27-16)17-8-3-4-9-18(17)21(25)26-2/h3-13H,1-2H3,(H,23,24)/b22-13-. The van der Waals surface area contributed by atoms with Gasteiger partial charge in [0.05, 0.1) is 18.9 Å². The number of carbonyl (C=O) groups excluding carboxylic acids is 2. The molecule has 1 amide bonds. The van der Waals surface area contributed by atoms with Gasteiger partial charge in [0, 0.05) is 11.1 Å². The number of nitrogens with zero attached hydrogens (tertiary/aromatic N) is 1. The molecule has 0 bridgehead atoms. The maximum absolute atomic E-state index is 12.1. The predicted octanol–water partition coefficient (Wildman–Crippen LogP) is 3.81. The van der Waals surface area contributed by atoms with E-state index in [0.29, 0.717) is 28.2 Å². The average Bonchev–Trinajstić information content (AvgIpc) is 3.16. The van der Waals surface area contributed by atoms with Crippen LogP contribution in [0.25, 0.3) is 11.3 Å². The van der Waals surface area contributed by atoms with Crippen LogP contribution in [-0.4, -0.2) is 25.2 Å². The van der Waals surface area contributed by atoms with Gasteiger partial charge in [0.25, 0.3) is 5.91 Å². The molecule has 0 saturated carbocycles. The van der Waals surface area contributed by atoms with Gasteiger partial charge in [0.1, 0.15) is 11.5 Å². The predicted molar refractivity (Wildman–Crippen MR) is 102 cm³/mol. The van der Waals surface area contributed by atoms with Crippen LogP contribution in [0.15, 0.2) is 70.2 Å². The third-order valence-corrected chi connectivity index (χ3v) is 3.86. The second-order valence-corrected chi connectivity index (χ2v) is 5.81. The van der Waals surface area contributed by atoms with Gasteiger partial charge >= 0.3 is 5.97 Å². The Morgan fingerprint density at radius 1 is 1.07 bits per heavy atom. The lowest BCUT2D eigenvalue weighted by Crippen LogP contribution is -2.17. The number of rotatable bonds is 5. The summed E-state index contributed by atoms with van der Waals surface area (Å²) in [6.45, 7) is 1.91. The highest BCUT2D eigenvalue weighted by Crippen LogP contribution is 2.25. The van der Waals surface area contributed by atoms with E-state index in [9.17, 15) is 9.59 Å². The fourth-order valence-electron chi connectivity index (χ4n) is 2.56. The first-order chi connectivity index (χ1) is 13.1. The van der Waals surface area contributed by atoms with Crippen molar-refractivity contribution in [3.05, 3.63) is 83.1 Å². The van der Waals surface area contributed by atoms with Crippen molar-refractivity contribution in [2.24, 2.45) is 5.10 Å². The zero-order valence-electron chi connectivity index (χ0n) is 14.9. The van der Waals surface area contributed by atoms with Crippen molar-refractivity contribution in [3.8, 4) is 11.3 Å². The summed E-state index contributed by atoms with van der Waals surface area (Å²) in [7, 11) is 1.33. The van der Waals surface area contributed by atoms with E-state index in [2.05, 4.69) is 10.5 Å². The van der Waals surface area contributed by atoms with Crippen molar-refractivity contribution in [2.75, 3.05) is 7.11 Å². The van der Waals surface area contributed by atoms with Gasteiger partial charge in [-0.1, -0.05) is 35.9 Å². The summed E-state index contributed by atoms with van der Waals surface area (Å²) in [4.78, 5) is 23.9. The van der Waals surface area contributed by atoms with E-state index in [1.807, 2.05) is 19.1 Å². The molecule has 6 nitrogen and oxygen atoms in total. The van der Waals surface area contributed by atoms with Crippen LogP contribution in [0.5, 0.6) is 0 Å². The third kappa shape index (κ3) is 4.30. The summed E-state index contributed by atoms with van der Waals surface area (Å²) in [6.07, 6.45) is 1.40. The summed E-state index contributed by atoms with van der Waals surface area (Å²) < 4.78 is 10.5. The molecule has 0 saturated heterocycles. The maximum atomic E-state index is 12.1. The average molecular weight is 362 g/mol. The van der Waals surface area contributed by atoms with Gasteiger partial charge in [0.15, 0.2) is 0 Å². The van der Waals surface area contributed by atoms with E-state index in [1.54, 1.807) is 48.5 Å². The van der Waals surface area contributed by atoms with Gasteiger partial charge in [-0.2, -0.15) is 5.10 Å². The van der Waals surface area contributed by atoms with Gasteiger partial charge in [-0.05, 0) is 37.3 Å². The molecule has 27 heavy (non-hydrogen) atoms. The normalized spacial score (nSPS) is 10.7. The van der Waals surface area contributed by atoms with E-state index < -0.39 is 5.97 Å². The monoisotopic (exact) mass is 362 g/mol. The number of esters is 1. The van der Waals surface area contributed by atoms with Crippen LogP contribution >= 0.6 is 0 Å². The van der Waals surface area contributed by atoms with E-state index in [4.69, 9.17) is 9.15 Å². The highest BCUT2D eigenvalue weighted by Gasteiger charge is 2.15. The zero-order valence-corrected chi connectivity index (χ0v) is 14.9. The fourth-order valence-corrected chi connectivity index (χ4v) is 2.56. The summed E-state index contributed by atoms with van der Waals surface area (Å²) in [5, 5.41) is 3.92. The van der Waals surface area contributed by atoms with E-state index in [0.717, 1.165) is 5.56 Å². The van der Waals surface area contributed by atoms with Crippen LogP contribution in [0.2, 0.25) is 0 Å². The number of amides is 1. The first-order valence-electron chi connectivity index (χ1n) is 8.26. The molecule has 0 unspecified atom stereocenters. The Morgan fingerprint density at radius 3 is 2.67 bits per heavy atom. The molecule has 1 heterocycles. The molecular formula is C21H18N2O4. The van der Waals surface area contributed by atoms with Gasteiger partial charge in [-0.3, -0.25) is 4.79 Å². The number of hydrogen-bond acceptors (Lipinski definition) is 5. The van der Waals surface area contributed by atoms with Crippen LogP contribution < -0.4 is 5.43 Å². The minimum absolute atomic E-state index is 0.308. The van der Waals surface area contributed by atoms with Crippen LogP contribution in [0.3, 0.4) is 0 Å². The molecule has 136 valence electrons. The first-order valence-corrected chi connectivity index (χ1v) is 8.26. The molecule has 2 aromatic carbocycles. The maximum Gasteiger partial charge on any atom is 0.338 e. The van der Waals surface area contributed by atoms with E-state index in [1.165, 1.54) is 13.3 Å². The molecule has 0 fully saturated rings. The van der Waals surface area contributed by atoms with Crippen LogP contribution in [-0.2, 0) is 4.74 Å². The fraction of sp³-hybridized carbons (Fsp3) is 0.0952. The Hall–Kier alpha value is -3.67. The Morgan fingerprint density at radius 2 is 1.89 bits per heavy atom. The number of nitrogens with one attached hydrogen (secondary N) is 1. The van der Waals surface area contributed by atoms with Crippen LogP contribution in [0.1, 0.15) is 32.0 Å². The second kappa shape index (κ2) is 8.14. The molecule has 0 aliphatic heterocycles. The van der Waals surface area contributed by atoms with Gasteiger partial charge in [-0.25, -0.2) is 10.2 Å². The van der Waals surface area contributed by atoms with Crippen LogP contribution in [0, 0.1) is 6.92 Å². The number of benzene rings is 2. The van der Waals surface area contributed by atoms with Crippen LogP contribution in [0.4, 0.5) is 0 Å². The van der Waals surface area contributed by atoms with Crippen molar-refractivity contribution >= 4 is 18.1 Å². The number of aryl methyl sites for hydroxylation is 1. The van der Waals surface area contributed by atoms with Gasteiger partial charge < -0.3 is 9.15 Å². The van der Waals surface area contributed by atoms with Crippen molar-refractivity contribution in [1.82, 2.24) is 5.43 Å². The highest BCUT2D eigenvalue weighted by atomic mass is 16.5. The molecule has 3 aromatic rings. The Kier molecular flexibility index (Phi) is 5.47. The van der Waals surface area contributed by atoms with Gasteiger partial charge in [0.2, 0.25) is 0 Å². The number of hydrogen-bond donors (Lipinski definition) is 1. The van der Waals surface area contributed by atoms with Crippen molar-refractivity contribution < 1.29 is 18.7 Å². The summed E-state index contributed by atoms with van der Waals surface area (Å²) in [5.74, 6) is 0.192. The summed E-state index contributed by atoms with van der Waals surface area (Å²) >= 11 is 0. The van der Waals surface area contributed by atoms with Gasteiger partial charge in [-0.15, -0.1) is 0 Å². The molecule has 0 aliphatic rings. The first kappa shape index (κ1) is 18.1. The molecule has 0 aliphatic carbocycles. The number of ether oxygens (including phenoxy) is 1. The number of furan rings is 1. The summed E-state index contributed by atoms with van der Waals surface area (Å²) in [5.41, 5.74) is 5.00. The molecule has 1 aromatic heterocycles. The molecule has 1 N–H and O–H groups in total. The molecular weight excluding hydrogens is 344 g/mol. The lowest BCUT2D eigenvalue weighted by Gasteiger charge is -2.04. The largest absolute Gasteiger partial charge is 0.465 e. The summed E-state index contributed by atoms with van der Waals surface area (Å²) in [6, 6.07) is 17.6. The Bertz CT molecular complexity index is 1000. The third-order valence-electron chi connectivity index (χ3n) is 3.86. The molecule has 0 radical (unpaired) electrons. The highest BCUT2D eigenvalue weighted by molar-refractivity contribution is 5.97. The lowest BCUT2D eigenvalue weighted by molar-refractivity contribution is 0.0601. The second-order valence-electron chi connectivity index (χ2n) is 5.81. The van der Waals surface area contributed by atoms with Crippen molar-refractivity contribution in [2.45, 2.75) is 6.92 Å². The molecule has 0 atom stereocenters. The molecule has 3 rings (SSSR count). The van der Waals surface area contributed by atoms with Crippen molar-refractivity contribution in [1.29, 1.82) is 0 Å². The van der Waals surface area contributed by atoms with E-state index in [-0.39, 0.29) is 5.91 Å². The minimum Gasteiger partial charge on any atom is -0.465 e. The molecule has 6 heteroatoms. The smallest absolute Gasteiger partial charge is 0.338 e. The lowest BCUT2D eigenvalue weighted by atomic mass is 10.1. The zero-order chi connectivity index (χ0) is 19.2. The minimum atomic E-state index is -0.442. The number of hydrazone groups is 1.